The first-order chi connectivity index (χ1) is 9.50. The predicted octanol–water partition coefficient (Wildman–Crippen LogP) is -9.53. The van der Waals surface area contributed by atoms with E-state index in [1.807, 2.05) is 0 Å². The second-order valence-corrected chi connectivity index (χ2v) is 3.98. The Morgan fingerprint density at radius 2 is 1.16 bits per heavy atom. The maximum atomic E-state index is 11.1. The molecule has 11 nitrogen and oxygen atoms in total. The van der Waals surface area contributed by atoms with Crippen molar-refractivity contribution >= 4 is 42.3 Å². The van der Waals surface area contributed by atoms with Crippen molar-refractivity contribution in [1.29, 1.82) is 0 Å². The summed E-state index contributed by atoms with van der Waals surface area (Å²) in [6, 6.07) is 0. The molecule has 0 saturated carbocycles. The summed E-state index contributed by atoms with van der Waals surface area (Å²) in [6.45, 7) is 0. The molecule has 0 aromatic rings. The van der Waals surface area contributed by atoms with Gasteiger partial charge in [-0.2, -0.15) is 0 Å². The van der Waals surface area contributed by atoms with Crippen LogP contribution in [0.1, 0.15) is 23.5 Å². The van der Waals surface area contributed by atoms with Gasteiger partial charge in [0.15, 0.2) is 11.7 Å². The van der Waals surface area contributed by atoms with E-state index in [-0.39, 0.29) is 105 Å². The van der Waals surface area contributed by atoms with Crippen LogP contribution < -0.4 is 88.7 Å². The Balaban J connectivity index is -0.0000000952. The molecule has 1 atom stereocenters. The predicted molar refractivity (Wildman–Crippen MR) is 70.2 cm³/mol. The Morgan fingerprint density at radius 3 is 1.36 bits per heavy atom. The Morgan fingerprint density at radius 1 is 0.800 bits per heavy atom. The van der Waals surface area contributed by atoms with Gasteiger partial charge < -0.3 is 34.5 Å². The summed E-state index contributed by atoms with van der Waals surface area (Å²) >= 11 is 0. The van der Waals surface area contributed by atoms with Crippen LogP contribution in [0.15, 0.2) is 0 Å². The van der Waals surface area contributed by atoms with Crippen molar-refractivity contribution in [1.82, 2.24) is 0 Å². The van der Waals surface area contributed by atoms with Gasteiger partial charge >= 0.3 is 119 Å². The smallest absolute Gasteiger partial charge is 1.00 e. The normalized spacial score (nSPS) is 10.4. The van der Waals surface area contributed by atoms with Crippen molar-refractivity contribution in [2.45, 2.75) is 31.0 Å². The van der Waals surface area contributed by atoms with E-state index in [0.29, 0.717) is 0 Å². The van der Waals surface area contributed by atoms with E-state index in [4.69, 9.17) is 25.5 Å². The van der Waals surface area contributed by atoms with Gasteiger partial charge in [-0.25, -0.2) is 9.59 Å². The molecule has 0 aromatic carbocycles. The van der Waals surface area contributed by atoms with Crippen molar-refractivity contribution in [2.75, 3.05) is 0 Å². The van der Waals surface area contributed by atoms with Crippen LogP contribution in [0.25, 0.3) is 0 Å². The van der Waals surface area contributed by atoms with Crippen LogP contribution in [0.2, 0.25) is 0 Å². The molecule has 0 bridgehead atoms. The molecule has 0 radical (unpaired) electrons. The SMILES string of the molecule is Cl.O=C(O)CC(OC(CC(=O)O)(CC(=O)O)C(=O)O)C(=O)O.[H-].[H-].[H-].[Na+].[Na+].[Na+]. The molecule has 15 heteroatoms. The third kappa shape index (κ3) is 14.3. The topological polar surface area (TPSA) is 196 Å². The molecule has 0 aliphatic carbocycles. The molecule has 1 unspecified atom stereocenters. The van der Waals surface area contributed by atoms with E-state index >= 15 is 0 Å². The summed E-state index contributed by atoms with van der Waals surface area (Å²) in [6.07, 6.45) is -6.07. The first-order valence-electron chi connectivity index (χ1n) is 5.29. The molecule has 0 heterocycles. The molecule has 0 aliphatic rings. The first-order valence-corrected chi connectivity index (χ1v) is 5.29. The summed E-state index contributed by atoms with van der Waals surface area (Å²) < 4.78 is 4.55. The molecular formula is C10H16ClNa3O11. The van der Waals surface area contributed by atoms with Gasteiger partial charge in [0, 0.05) is 0 Å². The molecule has 5 N–H and O–H groups in total. The van der Waals surface area contributed by atoms with E-state index in [0.717, 1.165) is 0 Å². The van der Waals surface area contributed by atoms with Crippen LogP contribution in [0.5, 0.6) is 0 Å². The van der Waals surface area contributed by atoms with Gasteiger partial charge in [-0.3, -0.25) is 14.4 Å². The van der Waals surface area contributed by atoms with Crippen LogP contribution in [0.3, 0.4) is 0 Å². The molecule has 132 valence electrons. The van der Waals surface area contributed by atoms with E-state index in [2.05, 4.69) is 4.74 Å². The second kappa shape index (κ2) is 16.8. The zero-order valence-corrected chi connectivity index (χ0v) is 20.6. The largest absolute Gasteiger partial charge is 1.00 e. The maximum absolute atomic E-state index is 11.1. The van der Waals surface area contributed by atoms with Gasteiger partial charge in [-0.1, -0.05) is 0 Å². The zero-order chi connectivity index (χ0) is 16.8. The minimum absolute atomic E-state index is 0. The molecule has 0 amide bonds. The quantitative estimate of drug-likeness (QED) is 0.212. The summed E-state index contributed by atoms with van der Waals surface area (Å²) in [7, 11) is 0. The van der Waals surface area contributed by atoms with Crippen molar-refractivity contribution in [3.05, 3.63) is 0 Å². The number of hydrogen-bond acceptors (Lipinski definition) is 6. The fraction of sp³-hybridized carbons (Fsp3) is 0.500. The molecular weight excluding hydrogens is 401 g/mol. The maximum Gasteiger partial charge on any atom is 1.00 e. The van der Waals surface area contributed by atoms with E-state index in [9.17, 15) is 24.0 Å². The standard InChI is InChI=1S/C10H12O11.ClH.3Na.3H/c11-5(12)1-4(8(17)18)21-10(9(19)20,2-6(13)14)3-7(15)16;;;;;;;/h4H,1-3H2,(H,11,12)(H,13,14)(H,15,16)(H,17,18)(H,19,20);1H;;;;;;/q;;3*+1;3*-1. The average Bonchev–Trinajstić information content (AvgIpc) is 2.24. The number of carboxylic acids is 5. The number of rotatable bonds is 10. The molecule has 25 heavy (non-hydrogen) atoms. The second-order valence-electron chi connectivity index (χ2n) is 3.98. The van der Waals surface area contributed by atoms with Crippen molar-refractivity contribution in [3.8, 4) is 0 Å². The summed E-state index contributed by atoms with van der Waals surface area (Å²) in [5.74, 6) is -9.04. The minimum atomic E-state index is -2.89. The van der Waals surface area contributed by atoms with Gasteiger partial charge in [0.1, 0.15) is 0 Å². The number of carbonyl (C=O) groups is 5. The Bertz CT molecular complexity index is 482. The van der Waals surface area contributed by atoms with Gasteiger partial charge in [0.2, 0.25) is 0 Å². The monoisotopic (exact) mass is 416 g/mol. The fourth-order valence-electron chi connectivity index (χ4n) is 1.45. The molecule has 0 rings (SSSR count). The van der Waals surface area contributed by atoms with Crippen molar-refractivity contribution in [2.24, 2.45) is 0 Å². The summed E-state index contributed by atoms with van der Waals surface area (Å²) in [5.41, 5.74) is -2.89. The van der Waals surface area contributed by atoms with Crippen molar-refractivity contribution in [3.63, 3.8) is 0 Å². The third-order valence-electron chi connectivity index (χ3n) is 2.27. The third-order valence-corrected chi connectivity index (χ3v) is 2.27. The summed E-state index contributed by atoms with van der Waals surface area (Å²) in [4.78, 5) is 53.8. The van der Waals surface area contributed by atoms with E-state index in [1.165, 1.54) is 0 Å². The van der Waals surface area contributed by atoms with Gasteiger partial charge in [0.05, 0.1) is 19.3 Å². The van der Waals surface area contributed by atoms with Crippen molar-refractivity contribution < 1.29 is 147 Å². The van der Waals surface area contributed by atoms with Crippen LogP contribution in [0, 0.1) is 0 Å². The van der Waals surface area contributed by atoms with E-state index < -0.39 is 60.8 Å². The van der Waals surface area contributed by atoms with Crippen LogP contribution >= 0.6 is 12.4 Å². The summed E-state index contributed by atoms with van der Waals surface area (Å²) in [5, 5.41) is 43.6. The van der Waals surface area contributed by atoms with E-state index in [1.54, 1.807) is 0 Å². The molecule has 0 saturated heterocycles. The molecule has 0 aliphatic heterocycles. The molecule has 0 fully saturated rings. The van der Waals surface area contributed by atoms with Crippen LogP contribution in [0.4, 0.5) is 0 Å². The minimum Gasteiger partial charge on any atom is -1.00 e. The fourth-order valence-corrected chi connectivity index (χ4v) is 1.45. The van der Waals surface area contributed by atoms with Gasteiger partial charge in [-0.05, 0) is 0 Å². The van der Waals surface area contributed by atoms with Crippen LogP contribution in [-0.4, -0.2) is 67.1 Å². The Hall–Kier alpha value is 0.600. The number of carboxylic acid groups (broad SMARTS) is 5. The molecule has 0 aromatic heterocycles. The first kappa shape index (κ1) is 36.5. The van der Waals surface area contributed by atoms with Gasteiger partial charge in [0.25, 0.3) is 0 Å². The number of hydrogen-bond donors (Lipinski definition) is 5. The number of aliphatic carboxylic acids is 5. The van der Waals surface area contributed by atoms with Crippen LogP contribution in [-0.2, 0) is 28.7 Å². The zero-order valence-electron chi connectivity index (χ0n) is 16.8. The number of halogens is 1. The number of ether oxygens (including phenoxy) is 1. The van der Waals surface area contributed by atoms with Gasteiger partial charge in [-0.15, -0.1) is 12.4 Å². The Labute approximate surface area is 218 Å². The average molecular weight is 417 g/mol. The molecule has 0 spiro atoms. The Kier molecular flexibility index (Phi) is 24.5.